The molecule has 0 aliphatic heterocycles. The fourth-order valence-corrected chi connectivity index (χ4v) is 3.09. The summed E-state index contributed by atoms with van der Waals surface area (Å²) in [5.41, 5.74) is -0.192. The summed E-state index contributed by atoms with van der Waals surface area (Å²) in [5.74, 6) is 0.272. The molecule has 180 valence electrons. The van der Waals surface area contributed by atoms with Crippen LogP contribution >= 0.6 is 0 Å². The SMILES string of the molecule is CC(C)(C)C(=O)OCCCCCCOc1ccc(C(=O)Oc2ccc3ccc(=O)oc3c2)cc1. The van der Waals surface area contributed by atoms with E-state index in [0.29, 0.717) is 35.9 Å². The number of carbonyl (C=O) groups excluding carboxylic acids is 2. The Hall–Kier alpha value is -3.61. The Bertz CT molecular complexity index is 1170. The highest BCUT2D eigenvalue weighted by atomic mass is 16.5. The molecule has 0 aliphatic carbocycles. The van der Waals surface area contributed by atoms with Gasteiger partial charge >= 0.3 is 17.6 Å². The van der Waals surface area contributed by atoms with Crippen LogP contribution in [-0.4, -0.2) is 25.2 Å². The van der Waals surface area contributed by atoms with Gasteiger partial charge < -0.3 is 18.6 Å². The minimum absolute atomic E-state index is 0.172. The van der Waals surface area contributed by atoms with Crippen LogP contribution in [-0.2, 0) is 9.53 Å². The maximum Gasteiger partial charge on any atom is 0.343 e. The molecule has 0 bridgehead atoms. The summed E-state index contributed by atoms with van der Waals surface area (Å²) in [6.07, 6.45) is 3.66. The second kappa shape index (κ2) is 11.5. The van der Waals surface area contributed by atoms with Gasteiger partial charge in [-0.1, -0.05) is 0 Å². The lowest BCUT2D eigenvalue weighted by Crippen LogP contribution is -2.23. The molecule has 7 heteroatoms. The molecule has 0 saturated heterocycles. The average Bonchev–Trinajstić information content (AvgIpc) is 2.80. The molecule has 2 aromatic carbocycles. The summed E-state index contributed by atoms with van der Waals surface area (Å²) < 4.78 is 21.5. The first-order valence-corrected chi connectivity index (χ1v) is 11.4. The Morgan fingerprint density at radius 3 is 2.18 bits per heavy atom. The molecule has 0 fully saturated rings. The van der Waals surface area contributed by atoms with Crippen molar-refractivity contribution in [2.45, 2.75) is 46.5 Å². The zero-order chi connectivity index (χ0) is 24.6. The molecule has 0 saturated carbocycles. The zero-order valence-electron chi connectivity index (χ0n) is 19.8. The quantitative estimate of drug-likeness (QED) is 0.168. The van der Waals surface area contributed by atoms with Crippen molar-refractivity contribution in [3.63, 3.8) is 0 Å². The third-order valence-electron chi connectivity index (χ3n) is 5.05. The predicted octanol–water partition coefficient (Wildman–Crippen LogP) is 5.54. The van der Waals surface area contributed by atoms with E-state index in [1.54, 1.807) is 42.5 Å². The molecule has 7 nitrogen and oxygen atoms in total. The highest BCUT2D eigenvalue weighted by Crippen LogP contribution is 2.21. The molecule has 0 N–H and O–H groups in total. The van der Waals surface area contributed by atoms with Gasteiger partial charge in [-0.05, 0) is 88.9 Å². The van der Waals surface area contributed by atoms with Gasteiger partial charge in [-0.3, -0.25) is 4.79 Å². The van der Waals surface area contributed by atoms with Gasteiger partial charge in [0.15, 0.2) is 0 Å². The Morgan fingerprint density at radius 1 is 0.824 bits per heavy atom. The van der Waals surface area contributed by atoms with Crippen LogP contribution in [0.15, 0.2) is 63.8 Å². The van der Waals surface area contributed by atoms with Crippen molar-refractivity contribution in [2.75, 3.05) is 13.2 Å². The minimum Gasteiger partial charge on any atom is -0.494 e. The number of benzene rings is 2. The third-order valence-corrected chi connectivity index (χ3v) is 5.05. The van der Waals surface area contributed by atoms with Gasteiger partial charge in [0.2, 0.25) is 0 Å². The highest BCUT2D eigenvalue weighted by molar-refractivity contribution is 5.91. The predicted molar refractivity (Wildman–Crippen MR) is 128 cm³/mol. The number of rotatable bonds is 10. The molecular formula is C27H30O7. The van der Waals surface area contributed by atoms with Crippen LogP contribution in [0.2, 0.25) is 0 Å². The monoisotopic (exact) mass is 466 g/mol. The Balaban J connectivity index is 1.37. The largest absolute Gasteiger partial charge is 0.494 e. The van der Waals surface area contributed by atoms with Crippen LogP contribution in [0.3, 0.4) is 0 Å². The molecule has 1 heterocycles. The van der Waals surface area contributed by atoms with Gasteiger partial charge in [0.25, 0.3) is 0 Å². The van der Waals surface area contributed by atoms with Crippen molar-refractivity contribution in [3.8, 4) is 11.5 Å². The number of hydrogen-bond donors (Lipinski definition) is 0. The first-order chi connectivity index (χ1) is 16.2. The number of fused-ring (bicyclic) bond motifs is 1. The van der Waals surface area contributed by atoms with Crippen LogP contribution in [0.1, 0.15) is 56.8 Å². The molecule has 0 spiro atoms. The summed E-state index contributed by atoms with van der Waals surface area (Å²) in [6, 6.07) is 14.6. The lowest BCUT2D eigenvalue weighted by molar-refractivity contribution is -0.153. The summed E-state index contributed by atoms with van der Waals surface area (Å²) >= 11 is 0. The van der Waals surface area contributed by atoms with Crippen LogP contribution < -0.4 is 15.1 Å². The van der Waals surface area contributed by atoms with Crippen molar-refractivity contribution >= 4 is 22.9 Å². The summed E-state index contributed by atoms with van der Waals surface area (Å²) in [6.45, 7) is 6.54. The molecular weight excluding hydrogens is 436 g/mol. The first kappa shape index (κ1) is 25.0. The van der Waals surface area contributed by atoms with E-state index in [1.807, 2.05) is 20.8 Å². The molecule has 3 rings (SSSR count). The summed E-state index contributed by atoms with van der Waals surface area (Å²) in [7, 11) is 0. The highest BCUT2D eigenvalue weighted by Gasteiger charge is 2.22. The fourth-order valence-electron chi connectivity index (χ4n) is 3.09. The average molecular weight is 467 g/mol. The van der Waals surface area contributed by atoms with E-state index in [-0.39, 0.29) is 5.97 Å². The maximum absolute atomic E-state index is 12.4. The van der Waals surface area contributed by atoms with Crippen molar-refractivity contribution in [1.29, 1.82) is 0 Å². The Morgan fingerprint density at radius 2 is 1.47 bits per heavy atom. The summed E-state index contributed by atoms with van der Waals surface area (Å²) in [4.78, 5) is 35.5. The van der Waals surface area contributed by atoms with E-state index in [4.69, 9.17) is 18.6 Å². The standard InChI is InChI=1S/C27H30O7/c1-27(2,3)26(30)32-17-7-5-4-6-16-31-21-12-9-20(10-13-21)25(29)33-22-14-8-19-11-15-24(28)34-23(19)18-22/h8-15,18H,4-7,16-17H2,1-3H3. The van der Waals surface area contributed by atoms with Crippen molar-refractivity contribution in [1.82, 2.24) is 0 Å². The second-order valence-electron chi connectivity index (χ2n) is 9.02. The smallest absolute Gasteiger partial charge is 0.343 e. The van der Waals surface area contributed by atoms with Gasteiger partial charge in [0.1, 0.15) is 17.1 Å². The topological polar surface area (TPSA) is 92.0 Å². The number of esters is 2. The normalized spacial score (nSPS) is 11.3. The maximum atomic E-state index is 12.4. The van der Waals surface area contributed by atoms with Gasteiger partial charge in [-0.2, -0.15) is 0 Å². The van der Waals surface area contributed by atoms with E-state index >= 15 is 0 Å². The van der Waals surface area contributed by atoms with E-state index < -0.39 is 17.0 Å². The lowest BCUT2D eigenvalue weighted by Gasteiger charge is -2.16. The lowest BCUT2D eigenvalue weighted by atomic mass is 9.97. The number of unbranched alkanes of at least 4 members (excludes halogenated alkanes) is 3. The number of ether oxygens (including phenoxy) is 3. The Labute approximate surface area is 198 Å². The van der Waals surface area contributed by atoms with Crippen LogP contribution in [0.5, 0.6) is 11.5 Å². The molecule has 0 aliphatic rings. The number of hydrogen-bond acceptors (Lipinski definition) is 7. The van der Waals surface area contributed by atoms with Crippen molar-refractivity contribution in [3.05, 3.63) is 70.6 Å². The van der Waals surface area contributed by atoms with Crippen molar-refractivity contribution < 1.29 is 28.2 Å². The molecule has 1 aromatic heterocycles. The van der Waals surface area contributed by atoms with Crippen LogP contribution in [0.4, 0.5) is 0 Å². The molecule has 34 heavy (non-hydrogen) atoms. The van der Waals surface area contributed by atoms with Gasteiger partial charge in [-0.25, -0.2) is 9.59 Å². The number of carbonyl (C=O) groups is 2. The van der Waals surface area contributed by atoms with Crippen LogP contribution in [0.25, 0.3) is 11.0 Å². The summed E-state index contributed by atoms with van der Waals surface area (Å²) in [5, 5.41) is 0.741. The molecule has 0 unspecified atom stereocenters. The zero-order valence-corrected chi connectivity index (χ0v) is 19.8. The van der Waals surface area contributed by atoms with E-state index in [0.717, 1.165) is 31.1 Å². The van der Waals surface area contributed by atoms with E-state index in [1.165, 1.54) is 12.1 Å². The molecule has 0 amide bonds. The minimum atomic E-state index is -0.517. The van der Waals surface area contributed by atoms with Gasteiger partial charge in [0.05, 0.1) is 24.2 Å². The Kier molecular flexibility index (Phi) is 8.46. The van der Waals surface area contributed by atoms with Crippen molar-refractivity contribution in [2.24, 2.45) is 5.41 Å². The van der Waals surface area contributed by atoms with E-state index in [9.17, 15) is 14.4 Å². The first-order valence-electron chi connectivity index (χ1n) is 11.4. The van der Waals surface area contributed by atoms with E-state index in [2.05, 4.69) is 0 Å². The molecule has 3 aromatic rings. The fraction of sp³-hybridized carbons (Fsp3) is 0.370. The van der Waals surface area contributed by atoms with Crippen LogP contribution in [0, 0.1) is 5.41 Å². The second-order valence-corrected chi connectivity index (χ2v) is 9.02. The van der Waals surface area contributed by atoms with Gasteiger partial charge in [0, 0.05) is 17.5 Å². The molecule has 0 atom stereocenters. The van der Waals surface area contributed by atoms with Gasteiger partial charge in [-0.15, -0.1) is 0 Å². The molecule has 0 radical (unpaired) electrons. The third kappa shape index (κ3) is 7.47.